The number of rotatable bonds is 5. The zero-order chi connectivity index (χ0) is 17.8. The number of aliphatic carboxylic acids is 1. The van der Waals surface area contributed by atoms with Crippen molar-refractivity contribution in [2.75, 3.05) is 20.2 Å². The number of ether oxygens (including phenoxy) is 2. The van der Waals surface area contributed by atoms with Crippen molar-refractivity contribution in [2.45, 2.75) is 44.6 Å². The fraction of sp³-hybridized carbons (Fsp3) is 0.579. The summed E-state index contributed by atoms with van der Waals surface area (Å²) in [6.07, 6.45) is 5.73. The van der Waals surface area contributed by atoms with Crippen LogP contribution >= 0.6 is 0 Å². The van der Waals surface area contributed by atoms with Crippen molar-refractivity contribution in [3.63, 3.8) is 0 Å². The number of carboxylic acids is 1. The molecule has 1 saturated heterocycles. The van der Waals surface area contributed by atoms with Crippen molar-refractivity contribution in [1.29, 1.82) is 0 Å². The van der Waals surface area contributed by atoms with Crippen molar-refractivity contribution in [3.05, 3.63) is 23.8 Å². The standard InChI is InChI=1S/C19H25NO5/c1-24-17-12-14(6-7-16(17)25-15-4-2-3-5-15)18(21)20-10-8-13(9-11-20)19(22)23/h6-7,12-13,15H,2-5,8-11H2,1H3,(H,22,23). The highest BCUT2D eigenvalue weighted by molar-refractivity contribution is 5.95. The molecule has 1 heterocycles. The van der Waals surface area contributed by atoms with E-state index >= 15 is 0 Å². The average Bonchev–Trinajstić information content (AvgIpc) is 3.14. The van der Waals surface area contributed by atoms with Gasteiger partial charge in [-0.25, -0.2) is 0 Å². The molecule has 0 atom stereocenters. The highest BCUT2D eigenvalue weighted by Gasteiger charge is 2.28. The number of hydrogen-bond donors (Lipinski definition) is 1. The molecule has 25 heavy (non-hydrogen) atoms. The van der Waals surface area contributed by atoms with Crippen LogP contribution in [0.25, 0.3) is 0 Å². The number of likely N-dealkylation sites (tertiary alicyclic amines) is 1. The summed E-state index contributed by atoms with van der Waals surface area (Å²) in [5.74, 6) is 0.0335. The van der Waals surface area contributed by atoms with Crippen LogP contribution in [0.2, 0.25) is 0 Å². The van der Waals surface area contributed by atoms with Crippen molar-refractivity contribution in [3.8, 4) is 11.5 Å². The summed E-state index contributed by atoms with van der Waals surface area (Å²) in [6.45, 7) is 0.941. The van der Waals surface area contributed by atoms with Gasteiger partial charge in [0.25, 0.3) is 5.91 Å². The second-order valence-corrected chi connectivity index (χ2v) is 6.79. The smallest absolute Gasteiger partial charge is 0.306 e. The van der Waals surface area contributed by atoms with Crippen LogP contribution in [-0.4, -0.2) is 48.2 Å². The molecule has 1 aromatic carbocycles. The summed E-state index contributed by atoms with van der Waals surface area (Å²) in [6, 6.07) is 5.28. The van der Waals surface area contributed by atoms with Gasteiger partial charge in [0.1, 0.15) is 0 Å². The summed E-state index contributed by atoms with van der Waals surface area (Å²) < 4.78 is 11.4. The van der Waals surface area contributed by atoms with E-state index in [-0.39, 0.29) is 17.9 Å². The molecule has 3 rings (SSSR count). The molecule has 1 saturated carbocycles. The van der Waals surface area contributed by atoms with Crippen LogP contribution in [0.5, 0.6) is 11.5 Å². The number of carbonyl (C=O) groups is 2. The second kappa shape index (κ2) is 7.76. The van der Waals surface area contributed by atoms with Crippen molar-refractivity contribution in [2.24, 2.45) is 5.92 Å². The van der Waals surface area contributed by atoms with Crippen LogP contribution in [0, 0.1) is 5.92 Å². The third kappa shape index (κ3) is 4.06. The molecule has 0 radical (unpaired) electrons. The number of carbonyl (C=O) groups excluding carboxylic acids is 1. The van der Waals surface area contributed by atoms with Gasteiger partial charge < -0.3 is 19.5 Å². The zero-order valence-electron chi connectivity index (χ0n) is 14.6. The summed E-state index contributed by atoms with van der Waals surface area (Å²) >= 11 is 0. The quantitative estimate of drug-likeness (QED) is 0.886. The van der Waals surface area contributed by atoms with Gasteiger partial charge in [0.05, 0.1) is 19.1 Å². The van der Waals surface area contributed by atoms with Gasteiger partial charge in [-0.1, -0.05) is 0 Å². The number of nitrogens with zero attached hydrogens (tertiary/aromatic N) is 1. The summed E-state index contributed by atoms with van der Waals surface area (Å²) in [5.41, 5.74) is 0.546. The number of hydrogen-bond acceptors (Lipinski definition) is 4. The van der Waals surface area contributed by atoms with Gasteiger partial charge in [-0.2, -0.15) is 0 Å². The zero-order valence-corrected chi connectivity index (χ0v) is 14.6. The highest BCUT2D eigenvalue weighted by Crippen LogP contribution is 2.33. The number of piperidine rings is 1. The Bertz CT molecular complexity index is 631. The lowest BCUT2D eigenvalue weighted by molar-refractivity contribution is -0.143. The van der Waals surface area contributed by atoms with E-state index in [2.05, 4.69) is 0 Å². The lowest BCUT2D eigenvalue weighted by Crippen LogP contribution is -2.40. The summed E-state index contributed by atoms with van der Waals surface area (Å²) in [5, 5.41) is 9.06. The largest absolute Gasteiger partial charge is 0.493 e. The van der Waals surface area contributed by atoms with E-state index in [1.165, 1.54) is 12.8 Å². The molecule has 1 aromatic rings. The molecule has 2 aliphatic rings. The maximum absolute atomic E-state index is 12.7. The van der Waals surface area contributed by atoms with E-state index < -0.39 is 5.97 Å². The van der Waals surface area contributed by atoms with Gasteiger partial charge in [0.15, 0.2) is 11.5 Å². The minimum absolute atomic E-state index is 0.0884. The van der Waals surface area contributed by atoms with E-state index in [4.69, 9.17) is 14.6 Å². The third-order valence-electron chi connectivity index (χ3n) is 5.14. The minimum Gasteiger partial charge on any atom is -0.493 e. The molecule has 1 N–H and O–H groups in total. The Morgan fingerprint density at radius 2 is 1.76 bits per heavy atom. The van der Waals surface area contributed by atoms with Crippen LogP contribution in [-0.2, 0) is 4.79 Å². The third-order valence-corrected chi connectivity index (χ3v) is 5.14. The molecule has 6 heteroatoms. The van der Waals surface area contributed by atoms with Crippen molar-refractivity contribution < 1.29 is 24.2 Å². The van der Waals surface area contributed by atoms with Crippen LogP contribution in [0.3, 0.4) is 0 Å². The number of carboxylic acid groups (broad SMARTS) is 1. The number of benzene rings is 1. The molecule has 136 valence electrons. The first-order chi connectivity index (χ1) is 12.1. The fourth-order valence-electron chi connectivity index (χ4n) is 3.60. The topological polar surface area (TPSA) is 76.1 Å². The van der Waals surface area contributed by atoms with Gasteiger partial charge in [-0.15, -0.1) is 0 Å². The molecule has 1 aliphatic carbocycles. The first-order valence-electron chi connectivity index (χ1n) is 8.95. The van der Waals surface area contributed by atoms with Gasteiger partial charge >= 0.3 is 5.97 Å². The predicted octanol–water partition coefficient (Wildman–Crippen LogP) is 2.95. The lowest BCUT2D eigenvalue weighted by atomic mass is 9.96. The molecular weight excluding hydrogens is 322 g/mol. The monoisotopic (exact) mass is 347 g/mol. The van der Waals surface area contributed by atoms with Crippen molar-refractivity contribution in [1.82, 2.24) is 4.90 Å². The average molecular weight is 347 g/mol. The van der Waals surface area contributed by atoms with Gasteiger partial charge in [0.2, 0.25) is 0 Å². The lowest BCUT2D eigenvalue weighted by Gasteiger charge is -2.30. The first kappa shape index (κ1) is 17.6. The fourth-order valence-corrected chi connectivity index (χ4v) is 3.60. The molecule has 1 amide bonds. The van der Waals surface area contributed by atoms with Crippen molar-refractivity contribution >= 4 is 11.9 Å². The van der Waals surface area contributed by atoms with Crippen LogP contribution < -0.4 is 9.47 Å². The maximum atomic E-state index is 12.7. The van der Waals surface area contributed by atoms with Gasteiger partial charge in [-0.05, 0) is 56.7 Å². The molecule has 2 fully saturated rings. The number of amides is 1. The second-order valence-electron chi connectivity index (χ2n) is 6.79. The van der Waals surface area contributed by atoms with Gasteiger partial charge in [-0.3, -0.25) is 9.59 Å². The van der Waals surface area contributed by atoms with E-state index in [0.717, 1.165) is 12.8 Å². The SMILES string of the molecule is COc1cc(C(=O)N2CCC(C(=O)O)CC2)ccc1OC1CCCC1. The maximum Gasteiger partial charge on any atom is 0.306 e. The van der Waals surface area contributed by atoms with Crippen LogP contribution in [0.15, 0.2) is 18.2 Å². The highest BCUT2D eigenvalue weighted by atomic mass is 16.5. The Morgan fingerprint density at radius 1 is 1.08 bits per heavy atom. The van der Waals surface area contributed by atoms with Gasteiger partial charge in [0, 0.05) is 18.7 Å². The molecule has 0 bridgehead atoms. The molecule has 0 spiro atoms. The van der Waals surface area contributed by atoms with E-state index in [1.54, 1.807) is 30.2 Å². The predicted molar refractivity (Wildman–Crippen MR) is 92.1 cm³/mol. The summed E-state index contributed by atoms with van der Waals surface area (Å²) in [7, 11) is 1.57. The Morgan fingerprint density at radius 3 is 2.36 bits per heavy atom. The van der Waals surface area contributed by atoms with E-state index in [0.29, 0.717) is 43.0 Å². The Hall–Kier alpha value is -2.24. The summed E-state index contributed by atoms with van der Waals surface area (Å²) in [4.78, 5) is 25.4. The Kier molecular flexibility index (Phi) is 5.46. The Balaban J connectivity index is 1.67. The van der Waals surface area contributed by atoms with E-state index in [1.807, 2.05) is 0 Å². The first-order valence-corrected chi connectivity index (χ1v) is 8.95. The normalized spacial score (nSPS) is 19.0. The van der Waals surface area contributed by atoms with Crippen LogP contribution in [0.4, 0.5) is 0 Å². The van der Waals surface area contributed by atoms with Crippen LogP contribution in [0.1, 0.15) is 48.9 Å². The minimum atomic E-state index is -0.776. The molecule has 0 unspecified atom stereocenters. The Labute approximate surface area is 147 Å². The van der Waals surface area contributed by atoms with E-state index in [9.17, 15) is 9.59 Å². The molecule has 6 nitrogen and oxygen atoms in total. The molecule has 0 aromatic heterocycles. The number of methoxy groups -OCH3 is 1. The molecular formula is C19H25NO5. The molecule has 1 aliphatic heterocycles.